The van der Waals surface area contributed by atoms with Crippen molar-refractivity contribution in [3.05, 3.63) is 222 Å². The molecule has 0 unspecified atom stereocenters. The molecule has 11 rings (SSSR count). The summed E-state index contributed by atoms with van der Waals surface area (Å²) in [4.78, 5) is 2.41. The first kappa shape index (κ1) is 35.2. The molecule has 0 atom stereocenters. The molecule has 2 aliphatic rings. The Labute approximate surface area is 347 Å². The van der Waals surface area contributed by atoms with Gasteiger partial charge in [-0.3, -0.25) is 0 Å². The van der Waals surface area contributed by atoms with Crippen molar-refractivity contribution in [2.75, 3.05) is 4.90 Å². The van der Waals surface area contributed by atoms with Gasteiger partial charge in [-0.25, -0.2) is 0 Å². The van der Waals surface area contributed by atoms with Crippen LogP contribution in [0.1, 0.15) is 49.9 Å². The summed E-state index contributed by atoms with van der Waals surface area (Å²) in [6.07, 6.45) is 0. The molecule has 0 spiro atoms. The maximum atomic E-state index is 2.45. The van der Waals surface area contributed by atoms with Crippen molar-refractivity contribution in [1.29, 1.82) is 0 Å². The van der Waals surface area contributed by atoms with E-state index >= 15 is 0 Å². The van der Waals surface area contributed by atoms with E-state index in [9.17, 15) is 0 Å². The molecule has 0 amide bonds. The van der Waals surface area contributed by atoms with Gasteiger partial charge in [0, 0.05) is 27.9 Å². The first-order valence-corrected chi connectivity index (χ1v) is 20.8. The highest BCUT2D eigenvalue weighted by Gasteiger charge is 2.39. The Balaban J connectivity index is 1.00. The third-order valence-corrected chi connectivity index (χ3v) is 13.2. The molecule has 0 fully saturated rings. The third kappa shape index (κ3) is 5.53. The Kier molecular flexibility index (Phi) is 7.94. The van der Waals surface area contributed by atoms with Crippen LogP contribution < -0.4 is 4.90 Å². The molecular formula is C58H45N. The van der Waals surface area contributed by atoms with Crippen LogP contribution in [0.5, 0.6) is 0 Å². The summed E-state index contributed by atoms with van der Waals surface area (Å²) in [6.45, 7) is 9.53. The molecule has 2 aliphatic carbocycles. The van der Waals surface area contributed by atoms with Crippen molar-refractivity contribution in [2.45, 2.75) is 38.5 Å². The summed E-state index contributed by atoms with van der Waals surface area (Å²) in [5.74, 6) is 0. The molecule has 0 aliphatic heterocycles. The van der Waals surface area contributed by atoms with Crippen LogP contribution in [-0.4, -0.2) is 0 Å². The maximum Gasteiger partial charge on any atom is 0.0465 e. The van der Waals surface area contributed by atoms with Gasteiger partial charge in [-0.15, -0.1) is 0 Å². The first-order valence-electron chi connectivity index (χ1n) is 20.8. The van der Waals surface area contributed by atoms with Crippen molar-refractivity contribution in [1.82, 2.24) is 0 Å². The van der Waals surface area contributed by atoms with Crippen LogP contribution in [-0.2, 0) is 10.8 Å². The zero-order valence-electron chi connectivity index (χ0n) is 34.0. The Morgan fingerprint density at radius 3 is 1.54 bits per heavy atom. The van der Waals surface area contributed by atoms with Crippen LogP contribution >= 0.6 is 0 Å². The van der Waals surface area contributed by atoms with Crippen molar-refractivity contribution >= 4 is 27.8 Å². The number of fused-ring (bicyclic) bond motifs is 8. The summed E-state index contributed by atoms with van der Waals surface area (Å²) in [5, 5.41) is 2.63. The first-order chi connectivity index (χ1) is 28.8. The van der Waals surface area contributed by atoms with Gasteiger partial charge in [0.05, 0.1) is 0 Å². The molecule has 0 N–H and O–H groups in total. The van der Waals surface area contributed by atoms with Gasteiger partial charge in [0.1, 0.15) is 0 Å². The quantitative estimate of drug-likeness (QED) is 0.163. The Hall–Kier alpha value is -6.96. The Bertz CT molecular complexity index is 3060. The van der Waals surface area contributed by atoms with Crippen LogP contribution in [0.3, 0.4) is 0 Å². The van der Waals surface area contributed by atoms with Crippen molar-refractivity contribution in [3.63, 3.8) is 0 Å². The highest BCUT2D eigenvalue weighted by atomic mass is 15.1. The standard InChI is InChI=1S/C58H45N/c1-57(2)52-22-14-13-21-48(52)49-34-32-46(37-54(49)57)59(44-28-23-39(24-29-44)38-15-7-5-8-16-38)45-30-25-40(26-31-45)42-27-33-50-53(36-42)58(3,4)56-47-20-12-11-19-43(47)35-51(55(50)56)41-17-9-6-10-18-41/h5-37H,1-4H3. The number of rotatable bonds is 6. The van der Waals surface area contributed by atoms with Gasteiger partial charge >= 0.3 is 0 Å². The minimum Gasteiger partial charge on any atom is -0.310 e. The third-order valence-electron chi connectivity index (χ3n) is 13.2. The predicted molar refractivity (Wildman–Crippen MR) is 250 cm³/mol. The van der Waals surface area contributed by atoms with E-state index in [2.05, 4.69) is 233 Å². The SMILES string of the molecule is CC1(C)c2ccccc2-c2ccc(N(c3ccc(-c4ccccc4)cc3)c3ccc(-c4ccc5c(c4)C(C)(C)c4c-5c(-c5ccccc5)cc5ccccc45)cc3)cc21. The van der Waals surface area contributed by atoms with Gasteiger partial charge in [-0.05, 0) is 137 Å². The van der Waals surface area contributed by atoms with Gasteiger partial charge in [0.2, 0.25) is 0 Å². The van der Waals surface area contributed by atoms with Crippen molar-refractivity contribution in [2.24, 2.45) is 0 Å². The summed E-state index contributed by atoms with van der Waals surface area (Å²) in [7, 11) is 0. The van der Waals surface area contributed by atoms with Crippen molar-refractivity contribution < 1.29 is 0 Å². The molecule has 1 heteroatoms. The van der Waals surface area contributed by atoms with Crippen LogP contribution in [0.4, 0.5) is 17.1 Å². The molecular weight excluding hydrogens is 711 g/mol. The zero-order valence-corrected chi connectivity index (χ0v) is 34.0. The second-order valence-corrected chi connectivity index (χ2v) is 17.3. The molecule has 0 aromatic heterocycles. The summed E-state index contributed by atoms with van der Waals surface area (Å²) < 4.78 is 0. The molecule has 9 aromatic rings. The fourth-order valence-corrected chi connectivity index (χ4v) is 10.2. The second kappa shape index (κ2) is 13.3. The van der Waals surface area contributed by atoms with Gasteiger partial charge in [0.25, 0.3) is 0 Å². The summed E-state index contributed by atoms with van der Waals surface area (Å²) in [6, 6.07) is 74.1. The van der Waals surface area contributed by atoms with E-state index < -0.39 is 0 Å². The fourth-order valence-electron chi connectivity index (χ4n) is 10.2. The van der Waals surface area contributed by atoms with E-state index in [1.165, 1.54) is 88.7 Å². The van der Waals surface area contributed by atoms with E-state index in [-0.39, 0.29) is 10.8 Å². The number of hydrogen-bond donors (Lipinski definition) is 0. The summed E-state index contributed by atoms with van der Waals surface area (Å²) in [5.41, 5.74) is 21.5. The van der Waals surface area contributed by atoms with E-state index in [0.29, 0.717) is 0 Å². The highest BCUT2D eigenvalue weighted by molar-refractivity contribution is 6.05. The lowest BCUT2D eigenvalue weighted by molar-refractivity contribution is 0.660. The van der Waals surface area contributed by atoms with Gasteiger partial charge in [0.15, 0.2) is 0 Å². The minimum absolute atomic E-state index is 0.0935. The lowest BCUT2D eigenvalue weighted by Gasteiger charge is -2.28. The van der Waals surface area contributed by atoms with E-state index in [1.807, 2.05) is 0 Å². The average molecular weight is 756 g/mol. The number of benzene rings is 9. The van der Waals surface area contributed by atoms with Crippen LogP contribution in [0.2, 0.25) is 0 Å². The molecule has 1 nitrogen and oxygen atoms in total. The molecule has 0 heterocycles. The molecule has 9 aromatic carbocycles. The average Bonchev–Trinajstić information content (AvgIpc) is 3.66. The number of hydrogen-bond acceptors (Lipinski definition) is 1. The molecule has 282 valence electrons. The van der Waals surface area contributed by atoms with Gasteiger partial charge in [-0.1, -0.05) is 179 Å². The number of anilines is 3. The molecule has 0 saturated heterocycles. The topological polar surface area (TPSA) is 3.24 Å². The van der Waals surface area contributed by atoms with Crippen LogP contribution in [0.15, 0.2) is 200 Å². The smallest absolute Gasteiger partial charge is 0.0465 e. The minimum atomic E-state index is -0.172. The van der Waals surface area contributed by atoms with E-state index in [4.69, 9.17) is 0 Å². The Morgan fingerprint density at radius 1 is 0.322 bits per heavy atom. The summed E-state index contributed by atoms with van der Waals surface area (Å²) >= 11 is 0. The van der Waals surface area contributed by atoms with Crippen molar-refractivity contribution in [3.8, 4) is 55.6 Å². The predicted octanol–water partition coefficient (Wildman–Crippen LogP) is 15.9. The highest BCUT2D eigenvalue weighted by Crippen LogP contribution is 2.56. The zero-order chi connectivity index (χ0) is 39.9. The normalized spacial score (nSPS) is 14.0. The van der Waals surface area contributed by atoms with Gasteiger partial charge in [-0.2, -0.15) is 0 Å². The van der Waals surface area contributed by atoms with E-state index in [1.54, 1.807) is 0 Å². The van der Waals surface area contributed by atoms with Crippen LogP contribution in [0, 0.1) is 0 Å². The fraction of sp³-hybridized carbons (Fsp3) is 0.103. The maximum absolute atomic E-state index is 2.45. The molecule has 0 bridgehead atoms. The molecule has 59 heavy (non-hydrogen) atoms. The lowest BCUT2D eigenvalue weighted by atomic mass is 9.79. The van der Waals surface area contributed by atoms with Gasteiger partial charge < -0.3 is 4.90 Å². The monoisotopic (exact) mass is 755 g/mol. The molecule has 0 radical (unpaired) electrons. The Morgan fingerprint density at radius 2 is 0.831 bits per heavy atom. The van der Waals surface area contributed by atoms with E-state index in [0.717, 1.165) is 17.1 Å². The lowest BCUT2D eigenvalue weighted by Crippen LogP contribution is -2.16. The number of nitrogens with zero attached hydrogens (tertiary/aromatic N) is 1. The second-order valence-electron chi connectivity index (χ2n) is 17.3. The van der Waals surface area contributed by atoms with Crippen LogP contribution in [0.25, 0.3) is 66.4 Å². The largest absolute Gasteiger partial charge is 0.310 e. The molecule has 0 saturated carbocycles.